The molecule has 5 heteroatoms. The lowest BCUT2D eigenvalue weighted by atomic mass is 10.1. The van der Waals surface area contributed by atoms with Gasteiger partial charge in [-0.1, -0.05) is 0 Å². The fraction of sp³-hybridized carbons (Fsp3) is 0.571. The van der Waals surface area contributed by atoms with Crippen LogP contribution in [0, 0.1) is 0 Å². The van der Waals surface area contributed by atoms with E-state index in [0.29, 0.717) is 0 Å². The lowest BCUT2D eigenvalue weighted by molar-refractivity contribution is -0.141. The summed E-state index contributed by atoms with van der Waals surface area (Å²) in [7, 11) is 0. The Morgan fingerprint density at radius 2 is 1.83 bits per heavy atom. The van der Waals surface area contributed by atoms with E-state index in [1.165, 1.54) is 4.90 Å². The smallest absolute Gasteiger partial charge is 0.294 e. The van der Waals surface area contributed by atoms with Crippen molar-refractivity contribution in [3.8, 4) is 0 Å². The molecule has 0 aromatic carbocycles. The van der Waals surface area contributed by atoms with Crippen LogP contribution in [0.1, 0.15) is 20.8 Å². The molecule has 66 valence electrons. The van der Waals surface area contributed by atoms with Crippen LogP contribution in [0.3, 0.4) is 0 Å². The largest absolute Gasteiger partial charge is 0.318 e. The molecule has 0 aromatic rings. The molecule has 1 heterocycles. The number of rotatable bonds is 0. The van der Waals surface area contributed by atoms with Crippen LogP contribution < -0.4 is 5.32 Å². The molecule has 0 aliphatic carbocycles. The van der Waals surface area contributed by atoms with Crippen molar-refractivity contribution in [3.05, 3.63) is 0 Å². The molecule has 1 aliphatic rings. The van der Waals surface area contributed by atoms with Gasteiger partial charge < -0.3 is 0 Å². The van der Waals surface area contributed by atoms with Gasteiger partial charge in [0.05, 0.1) is 0 Å². The van der Waals surface area contributed by atoms with Gasteiger partial charge in [-0.15, -0.1) is 0 Å². The second-order valence-corrected chi connectivity index (χ2v) is 3.96. The van der Waals surface area contributed by atoms with Crippen LogP contribution in [-0.2, 0) is 9.59 Å². The summed E-state index contributed by atoms with van der Waals surface area (Å²) in [6.45, 7) is 5.45. The zero-order valence-electron chi connectivity index (χ0n) is 7.17. The monoisotopic (exact) mass is 186 g/mol. The Morgan fingerprint density at radius 3 is 2.00 bits per heavy atom. The minimum Gasteiger partial charge on any atom is -0.294 e. The Balaban J connectivity index is 3.00. The Hall–Kier alpha value is -0.970. The first kappa shape index (κ1) is 9.12. The molecular formula is C7H10N2O2S. The molecule has 0 radical (unpaired) electrons. The normalized spacial score (nSPS) is 18.6. The van der Waals surface area contributed by atoms with Crippen LogP contribution in [-0.4, -0.2) is 27.4 Å². The van der Waals surface area contributed by atoms with Crippen LogP contribution >= 0.6 is 12.2 Å². The summed E-state index contributed by atoms with van der Waals surface area (Å²) in [5.41, 5.74) is -0.437. The predicted molar refractivity (Wildman–Crippen MR) is 47.3 cm³/mol. The number of thiocarbonyl (C=S) groups is 1. The van der Waals surface area contributed by atoms with Crippen molar-refractivity contribution >= 4 is 29.1 Å². The van der Waals surface area contributed by atoms with Crippen molar-refractivity contribution in [1.82, 2.24) is 10.2 Å². The Morgan fingerprint density at radius 1 is 1.33 bits per heavy atom. The molecule has 0 saturated carbocycles. The summed E-state index contributed by atoms with van der Waals surface area (Å²) in [6, 6.07) is 0. The van der Waals surface area contributed by atoms with E-state index in [0.717, 1.165) is 0 Å². The van der Waals surface area contributed by atoms with Crippen LogP contribution in [0.2, 0.25) is 0 Å². The first-order chi connectivity index (χ1) is 5.34. The average Bonchev–Trinajstić information content (AvgIpc) is 2.05. The highest BCUT2D eigenvalue weighted by Gasteiger charge is 2.40. The zero-order valence-corrected chi connectivity index (χ0v) is 7.99. The summed E-state index contributed by atoms with van der Waals surface area (Å²) < 4.78 is 0. The lowest BCUT2D eigenvalue weighted by Crippen LogP contribution is -2.45. The molecule has 1 N–H and O–H groups in total. The maximum atomic E-state index is 11.2. The molecule has 2 amide bonds. The van der Waals surface area contributed by atoms with Gasteiger partial charge in [0.2, 0.25) is 0 Å². The van der Waals surface area contributed by atoms with E-state index in [9.17, 15) is 9.59 Å². The van der Waals surface area contributed by atoms with Crippen LogP contribution in [0.25, 0.3) is 0 Å². The van der Waals surface area contributed by atoms with Crippen LogP contribution in [0.4, 0.5) is 0 Å². The first-order valence-corrected chi connectivity index (χ1v) is 3.94. The molecule has 1 rings (SSSR count). The second kappa shape index (κ2) is 2.52. The maximum Gasteiger partial charge on any atom is 0.318 e. The third-order valence-electron chi connectivity index (χ3n) is 1.49. The van der Waals surface area contributed by atoms with E-state index >= 15 is 0 Å². The number of carbonyl (C=O) groups excluding carboxylic acids is 2. The summed E-state index contributed by atoms with van der Waals surface area (Å²) in [6.07, 6.45) is 0. The number of hydrogen-bond acceptors (Lipinski definition) is 3. The first-order valence-electron chi connectivity index (χ1n) is 3.53. The summed E-state index contributed by atoms with van der Waals surface area (Å²) in [5.74, 6) is -1.22. The van der Waals surface area contributed by atoms with Gasteiger partial charge in [0.25, 0.3) is 0 Å². The molecule has 1 fully saturated rings. The zero-order chi connectivity index (χ0) is 9.52. The SMILES string of the molecule is CC(C)(C)N1C(=O)C(=O)NC1=S. The number of hydrogen-bond donors (Lipinski definition) is 1. The van der Waals surface area contributed by atoms with Crippen molar-refractivity contribution in [2.45, 2.75) is 26.3 Å². The van der Waals surface area contributed by atoms with Gasteiger partial charge in [-0.2, -0.15) is 0 Å². The summed E-state index contributed by atoms with van der Waals surface area (Å²) >= 11 is 4.82. The van der Waals surface area contributed by atoms with Crippen molar-refractivity contribution in [2.24, 2.45) is 0 Å². The molecule has 12 heavy (non-hydrogen) atoms. The summed E-state index contributed by atoms with van der Waals surface area (Å²) in [5, 5.41) is 2.48. The third-order valence-corrected chi connectivity index (χ3v) is 1.78. The molecule has 0 unspecified atom stereocenters. The highest BCUT2D eigenvalue weighted by Crippen LogP contribution is 2.16. The van der Waals surface area contributed by atoms with E-state index in [1.54, 1.807) is 0 Å². The average molecular weight is 186 g/mol. The number of carbonyl (C=O) groups is 2. The van der Waals surface area contributed by atoms with E-state index in [2.05, 4.69) is 5.32 Å². The number of nitrogens with one attached hydrogen (secondary N) is 1. The molecule has 1 aliphatic heterocycles. The van der Waals surface area contributed by atoms with E-state index in [-0.39, 0.29) is 5.11 Å². The van der Waals surface area contributed by atoms with Crippen molar-refractivity contribution in [3.63, 3.8) is 0 Å². The van der Waals surface area contributed by atoms with Crippen molar-refractivity contribution in [2.75, 3.05) is 0 Å². The standard InChI is InChI=1S/C7H10N2O2S/c1-7(2,3)9-5(11)4(10)8-6(9)12/h1-3H3,(H,8,10,12). The number of nitrogens with zero attached hydrogens (tertiary/aromatic N) is 1. The maximum absolute atomic E-state index is 11.2. The minimum atomic E-state index is -0.644. The second-order valence-electron chi connectivity index (χ2n) is 3.57. The van der Waals surface area contributed by atoms with E-state index in [4.69, 9.17) is 12.2 Å². The Kier molecular flexibility index (Phi) is 1.91. The Labute approximate surface area is 75.9 Å². The molecule has 0 spiro atoms. The van der Waals surface area contributed by atoms with E-state index in [1.807, 2.05) is 20.8 Å². The topological polar surface area (TPSA) is 49.4 Å². The van der Waals surface area contributed by atoms with Crippen LogP contribution in [0.5, 0.6) is 0 Å². The molecule has 0 atom stereocenters. The van der Waals surface area contributed by atoms with Gasteiger partial charge in [0.1, 0.15) is 0 Å². The fourth-order valence-corrected chi connectivity index (χ4v) is 1.46. The van der Waals surface area contributed by atoms with Gasteiger partial charge in [-0.05, 0) is 33.0 Å². The van der Waals surface area contributed by atoms with Gasteiger partial charge in [-0.3, -0.25) is 19.8 Å². The molecule has 1 saturated heterocycles. The highest BCUT2D eigenvalue weighted by atomic mass is 32.1. The molecule has 0 bridgehead atoms. The molecule has 0 aromatic heterocycles. The quantitative estimate of drug-likeness (QED) is 0.429. The van der Waals surface area contributed by atoms with Crippen LogP contribution in [0.15, 0.2) is 0 Å². The minimum absolute atomic E-state index is 0.192. The van der Waals surface area contributed by atoms with Gasteiger partial charge in [0, 0.05) is 5.54 Å². The summed E-state index contributed by atoms with van der Waals surface area (Å²) in [4.78, 5) is 23.3. The van der Waals surface area contributed by atoms with Crippen molar-refractivity contribution in [1.29, 1.82) is 0 Å². The van der Waals surface area contributed by atoms with Gasteiger partial charge in [-0.25, -0.2) is 0 Å². The van der Waals surface area contributed by atoms with Gasteiger partial charge in [0.15, 0.2) is 5.11 Å². The highest BCUT2D eigenvalue weighted by molar-refractivity contribution is 7.80. The van der Waals surface area contributed by atoms with E-state index < -0.39 is 17.4 Å². The molecule has 4 nitrogen and oxygen atoms in total. The van der Waals surface area contributed by atoms with Gasteiger partial charge >= 0.3 is 11.8 Å². The predicted octanol–water partition coefficient (Wildman–Crippen LogP) is 0.0282. The Bertz CT molecular complexity index is 267. The third kappa shape index (κ3) is 1.32. The molecular weight excluding hydrogens is 176 g/mol. The lowest BCUT2D eigenvalue weighted by Gasteiger charge is -2.29. The number of amides is 2. The van der Waals surface area contributed by atoms with Crippen molar-refractivity contribution < 1.29 is 9.59 Å². The fourth-order valence-electron chi connectivity index (χ4n) is 1.01.